The number of nitrogens with zero attached hydrogens (tertiary/aromatic N) is 2. The van der Waals surface area contributed by atoms with Crippen molar-refractivity contribution in [2.24, 2.45) is 0 Å². The summed E-state index contributed by atoms with van der Waals surface area (Å²) in [6.45, 7) is 1.99. The Labute approximate surface area is 82.7 Å². The number of aryl methyl sites for hydroxylation is 1. The van der Waals surface area contributed by atoms with E-state index >= 15 is 0 Å². The Hall–Kier alpha value is -1.61. The van der Waals surface area contributed by atoms with E-state index in [4.69, 9.17) is 0 Å². The minimum atomic E-state index is 0.0494. The second-order valence-corrected chi connectivity index (χ2v) is 3.13. The van der Waals surface area contributed by atoms with Crippen LogP contribution in [0.1, 0.15) is 11.4 Å². The Morgan fingerprint density at radius 3 is 2.79 bits per heavy atom. The maximum atomic E-state index is 9.17. The third-order valence-corrected chi connectivity index (χ3v) is 2.25. The molecular weight excluding hydrogens is 176 g/mol. The molecule has 72 valence electrons. The van der Waals surface area contributed by atoms with Crippen molar-refractivity contribution in [3.63, 3.8) is 0 Å². The topological polar surface area (TPSA) is 38.0 Å². The average molecular weight is 188 g/mol. The van der Waals surface area contributed by atoms with Crippen molar-refractivity contribution in [1.29, 1.82) is 0 Å². The van der Waals surface area contributed by atoms with Gasteiger partial charge in [0.15, 0.2) is 0 Å². The highest BCUT2D eigenvalue weighted by atomic mass is 16.3. The molecule has 0 aliphatic heterocycles. The van der Waals surface area contributed by atoms with Crippen molar-refractivity contribution >= 4 is 0 Å². The van der Waals surface area contributed by atoms with Crippen LogP contribution in [0.5, 0.6) is 0 Å². The van der Waals surface area contributed by atoms with Gasteiger partial charge in [-0.3, -0.25) is 0 Å². The summed E-state index contributed by atoms with van der Waals surface area (Å²) in [7, 11) is 0. The van der Waals surface area contributed by atoms with E-state index in [1.165, 1.54) is 0 Å². The van der Waals surface area contributed by atoms with Crippen LogP contribution in [0.3, 0.4) is 0 Å². The molecule has 0 saturated heterocycles. The monoisotopic (exact) mass is 188 g/mol. The Morgan fingerprint density at radius 2 is 2.14 bits per heavy atom. The number of hydrogen-bond acceptors (Lipinski definition) is 2. The first-order valence-corrected chi connectivity index (χ1v) is 4.52. The van der Waals surface area contributed by atoms with E-state index in [2.05, 4.69) is 4.98 Å². The van der Waals surface area contributed by atoms with E-state index in [1.807, 2.05) is 42.0 Å². The highest BCUT2D eigenvalue weighted by Gasteiger charge is 2.04. The van der Waals surface area contributed by atoms with Gasteiger partial charge in [-0.05, 0) is 13.0 Å². The third kappa shape index (κ3) is 1.42. The molecule has 0 amide bonds. The largest absolute Gasteiger partial charge is 0.392 e. The molecule has 0 aliphatic carbocycles. The van der Waals surface area contributed by atoms with Gasteiger partial charge >= 0.3 is 0 Å². The highest BCUT2D eigenvalue weighted by Crippen LogP contribution is 2.15. The number of rotatable bonds is 2. The Morgan fingerprint density at radius 1 is 1.36 bits per heavy atom. The van der Waals surface area contributed by atoms with Gasteiger partial charge in [0.05, 0.1) is 12.3 Å². The highest BCUT2D eigenvalue weighted by molar-refractivity contribution is 5.41. The first-order chi connectivity index (χ1) is 6.83. The molecule has 3 heteroatoms. The standard InChI is InChI=1S/C11H12N2O/c1-9-12-6-7-13(9)11-5-3-2-4-10(11)8-14/h2-7,14H,8H2,1H3. The predicted molar refractivity (Wildman–Crippen MR) is 54.2 cm³/mol. The van der Waals surface area contributed by atoms with Crippen LogP contribution in [-0.2, 0) is 6.61 Å². The molecule has 0 saturated carbocycles. The molecule has 0 bridgehead atoms. The van der Waals surface area contributed by atoms with E-state index in [0.29, 0.717) is 0 Å². The third-order valence-electron chi connectivity index (χ3n) is 2.25. The summed E-state index contributed by atoms with van der Waals surface area (Å²) < 4.78 is 1.96. The van der Waals surface area contributed by atoms with Crippen molar-refractivity contribution in [1.82, 2.24) is 9.55 Å². The fourth-order valence-electron chi connectivity index (χ4n) is 1.51. The van der Waals surface area contributed by atoms with Gasteiger partial charge in [-0.25, -0.2) is 4.98 Å². The molecule has 0 radical (unpaired) electrons. The molecule has 1 aromatic carbocycles. The first kappa shape index (κ1) is 8.97. The number of para-hydroxylation sites is 1. The quantitative estimate of drug-likeness (QED) is 0.778. The summed E-state index contributed by atoms with van der Waals surface area (Å²) in [4.78, 5) is 4.15. The zero-order valence-electron chi connectivity index (χ0n) is 8.01. The maximum Gasteiger partial charge on any atom is 0.110 e. The molecule has 2 rings (SSSR count). The molecule has 1 heterocycles. The van der Waals surface area contributed by atoms with Gasteiger partial charge in [0.1, 0.15) is 5.82 Å². The van der Waals surface area contributed by atoms with Crippen LogP contribution >= 0.6 is 0 Å². The lowest BCUT2D eigenvalue weighted by Gasteiger charge is -2.09. The Balaban J connectivity index is 2.56. The van der Waals surface area contributed by atoms with Crippen LogP contribution in [0.25, 0.3) is 5.69 Å². The maximum absolute atomic E-state index is 9.17. The molecule has 14 heavy (non-hydrogen) atoms. The van der Waals surface area contributed by atoms with E-state index in [0.717, 1.165) is 17.1 Å². The summed E-state index contributed by atoms with van der Waals surface area (Å²) in [6, 6.07) is 7.75. The number of benzene rings is 1. The van der Waals surface area contributed by atoms with Crippen molar-refractivity contribution in [3.05, 3.63) is 48.0 Å². The van der Waals surface area contributed by atoms with E-state index in [9.17, 15) is 5.11 Å². The first-order valence-electron chi connectivity index (χ1n) is 4.52. The molecule has 1 N–H and O–H groups in total. The molecule has 0 fully saturated rings. The molecular formula is C11H12N2O. The zero-order valence-corrected chi connectivity index (χ0v) is 8.01. The van der Waals surface area contributed by atoms with Gasteiger partial charge in [0.25, 0.3) is 0 Å². The molecule has 0 spiro atoms. The van der Waals surface area contributed by atoms with Crippen LogP contribution < -0.4 is 0 Å². The molecule has 0 aliphatic rings. The van der Waals surface area contributed by atoms with Crippen LogP contribution in [0.2, 0.25) is 0 Å². The van der Waals surface area contributed by atoms with Crippen molar-refractivity contribution < 1.29 is 5.11 Å². The minimum absolute atomic E-state index is 0.0494. The number of aliphatic hydroxyl groups is 1. The van der Waals surface area contributed by atoms with Crippen LogP contribution in [0, 0.1) is 6.92 Å². The van der Waals surface area contributed by atoms with Gasteiger partial charge < -0.3 is 9.67 Å². The van der Waals surface area contributed by atoms with E-state index in [-0.39, 0.29) is 6.61 Å². The van der Waals surface area contributed by atoms with Crippen LogP contribution in [0.15, 0.2) is 36.7 Å². The van der Waals surface area contributed by atoms with Crippen molar-refractivity contribution in [2.45, 2.75) is 13.5 Å². The summed E-state index contributed by atoms with van der Waals surface area (Å²) in [5.74, 6) is 0.922. The summed E-state index contributed by atoms with van der Waals surface area (Å²) >= 11 is 0. The van der Waals surface area contributed by atoms with Crippen LogP contribution in [-0.4, -0.2) is 14.7 Å². The normalized spacial score (nSPS) is 10.4. The number of hydrogen-bond donors (Lipinski definition) is 1. The molecule has 0 atom stereocenters. The zero-order chi connectivity index (χ0) is 9.97. The van der Waals surface area contributed by atoms with E-state index in [1.54, 1.807) is 6.20 Å². The summed E-state index contributed by atoms with van der Waals surface area (Å²) in [5.41, 5.74) is 1.90. The fraction of sp³-hybridized carbons (Fsp3) is 0.182. The average Bonchev–Trinajstić information content (AvgIpc) is 2.64. The summed E-state index contributed by atoms with van der Waals surface area (Å²) in [5, 5.41) is 9.17. The molecule has 2 aromatic rings. The van der Waals surface area contributed by atoms with Gasteiger partial charge in [0, 0.05) is 18.0 Å². The van der Waals surface area contributed by atoms with Gasteiger partial charge in [-0.2, -0.15) is 0 Å². The van der Waals surface area contributed by atoms with Gasteiger partial charge in [0.2, 0.25) is 0 Å². The minimum Gasteiger partial charge on any atom is -0.392 e. The number of aromatic nitrogens is 2. The van der Waals surface area contributed by atoms with Crippen molar-refractivity contribution in [3.8, 4) is 5.69 Å². The van der Waals surface area contributed by atoms with Gasteiger partial charge in [-0.1, -0.05) is 18.2 Å². The predicted octanol–water partition coefficient (Wildman–Crippen LogP) is 1.67. The second kappa shape index (κ2) is 3.64. The Kier molecular flexibility index (Phi) is 2.33. The molecule has 3 nitrogen and oxygen atoms in total. The lowest BCUT2D eigenvalue weighted by molar-refractivity contribution is 0.281. The second-order valence-electron chi connectivity index (χ2n) is 3.13. The smallest absolute Gasteiger partial charge is 0.110 e. The number of aliphatic hydroxyl groups excluding tert-OH is 1. The van der Waals surface area contributed by atoms with Gasteiger partial charge in [-0.15, -0.1) is 0 Å². The van der Waals surface area contributed by atoms with Crippen molar-refractivity contribution in [2.75, 3.05) is 0 Å². The van der Waals surface area contributed by atoms with Crippen LogP contribution in [0.4, 0.5) is 0 Å². The lowest BCUT2D eigenvalue weighted by atomic mass is 10.2. The Bertz CT molecular complexity index is 434. The van der Waals surface area contributed by atoms with E-state index < -0.39 is 0 Å². The SMILES string of the molecule is Cc1nccn1-c1ccccc1CO. The lowest BCUT2D eigenvalue weighted by Crippen LogP contribution is -2.00. The molecule has 0 unspecified atom stereocenters. The number of imidazole rings is 1. The fourth-order valence-corrected chi connectivity index (χ4v) is 1.51. The molecule has 1 aromatic heterocycles. The summed E-state index contributed by atoms with van der Waals surface area (Å²) in [6.07, 6.45) is 3.65.